The van der Waals surface area contributed by atoms with Gasteiger partial charge in [-0.25, -0.2) is 0 Å². The lowest BCUT2D eigenvalue weighted by molar-refractivity contribution is 0.0817. The van der Waals surface area contributed by atoms with Gasteiger partial charge < -0.3 is 4.90 Å². The molecule has 12 heavy (non-hydrogen) atoms. The molecule has 2 fully saturated rings. The van der Waals surface area contributed by atoms with Crippen molar-refractivity contribution in [2.24, 2.45) is 5.92 Å². The van der Waals surface area contributed by atoms with Crippen molar-refractivity contribution >= 4 is 0 Å². The van der Waals surface area contributed by atoms with Crippen molar-refractivity contribution in [2.75, 3.05) is 13.1 Å². The zero-order valence-electron chi connectivity index (χ0n) is 7.50. The topological polar surface area (TPSA) is 27.0 Å². The number of hydrogen-bond donors (Lipinski definition) is 0. The molecule has 0 radical (unpaired) electrons. The van der Waals surface area contributed by atoms with E-state index in [2.05, 4.69) is 11.0 Å². The van der Waals surface area contributed by atoms with Gasteiger partial charge in [0, 0.05) is 12.0 Å². The maximum absolute atomic E-state index is 8.63. The fraction of sp³-hybridized carbons (Fsp3) is 0.900. The SMILES string of the molecule is N#CC1CC(N2CCCCC2)C1. The summed E-state index contributed by atoms with van der Waals surface area (Å²) in [7, 11) is 0. The maximum atomic E-state index is 8.63. The zero-order valence-corrected chi connectivity index (χ0v) is 7.50. The van der Waals surface area contributed by atoms with E-state index in [1.54, 1.807) is 0 Å². The number of rotatable bonds is 1. The van der Waals surface area contributed by atoms with Gasteiger partial charge in [0.2, 0.25) is 0 Å². The fourth-order valence-corrected chi connectivity index (χ4v) is 2.27. The fourth-order valence-electron chi connectivity index (χ4n) is 2.27. The zero-order chi connectivity index (χ0) is 8.39. The van der Waals surface area contributed by atoms with Crippen LogP contribution in [0.3, 0.4) is 0 Å². The van der Waals surface area contributed by atoms with Crippen LogP contribution in [0.5, 0.6) is 0 Å². The Hall–Kier alpha value is -0.550. The van der Waals surface area contributed by atoms with E-state index in [9.17, 15) is 0 Å². The van der Waals surface area contributed by atoms with Crippen molar-refractivity contribution in [3.05, 3.63) is 0 Å². The third kappa shape index (κ3) is 1.47. The average Bonchev–Trinajstić information content (AvgIpc) is 2.04. The largest absolute Gasteiger partial charge is 0.300 e. The summed E-state index contributed by atoms with van der Waals surface area (Å²) in [4.78, 5) is 2.58. The number of nitrogens with zero attached hydrogens (tertiary/aromatic N) is 2. The van der Waals surface area contributed by atoms with Crippen LogP contribution in [0.25, 0.3) is 0 Å². The molecule has 0 N–H and O–H groups in total. The van der Waals surface area contributed by atoms with E-state index < -0.39 is 0 Å². The lowest BCUT2D eigenvalue weighted by Crippen LogP contribution is -2.46. The maximum Gasteiger partial charge on any atom is 0.0657 e. The van der Waals surface area contributed by atoms with Gasteiger partial charge in [0.05, 0.1) is 6.07 Å². The van der Waals surface area contributed by atoms with Gasteiger partial charge in [-0.3, -0.25) is 0 Å². The summed E-state index contributed by atoms with van der Waals surface area (Å²) < 4.78 is 0. The molecule has 1 aliphatic carbocycles. The Morgan fingerprint density at radius 3 is 2.33 bits per heavy atom. The van der Waals surface area contributed by atoms with Gasteiger partial charge in [0.15, 0.2) is 0 Å². The molecule has 1 saturated heterocycles. The van der Waals surface area contributed by atoms with Gasteiger partial charge in [-0.2, -0.15) is 5.26 Å². The van der Waals surface area contributed by atoms with Crippen LogP contribution in [0, 0.1) is 17.2 Å². The normalized spacial score (nSPS) is 36.9. The number of piperidine rings is 1. The predicted molar refractivity (Wildman–Crippen MR) is 47.5 cm³/mol. The monoisotopic (exact) mass is 164 g/mol. The summed E-state index contributed by atoms with van der Waals surface area (Å²) in [6.45, 7) is 2.56. The highest BCUT2D eigenvalue weighted by molar-refractivity contribution is 4.98. The molecule has 1 aliphatic heterocycles. The first-order valence-corrected chi connectivity index (χ1v) is 5.04. The number of hydrogen-bond acceptors (Lipinski definition) is 2. The molecular formula is C10H16N2. The first kappa shape index (κ1) is 8.07. The van der Waals surface area contributed by atoms with E-state index in [4.69, 9.17) is 5.26 Å². The van der Waals surface area contributed by atoms with Gasteiger partial charge in [-0.15, -0.1) is 0 Å². The Labute approximate surface area is 74.2 Å². The molecule has 2 aliphatic rings. The van der Waals surface area contributed by atoms with E-state index in [1.165, 1.54) is 32.4 Å². The first-order chi connectivity index (χ1) is 5.90. The molecule has 0 aromatic heterocycles. The smallest absolute Gasteiger partial charge is 0.0657 e. The minimum absolute atomic E-state index is 0.372. The van der Waals surface area contributed by atoms with Gasteiger partial charge in [0.25, 0.3) is 0 Å². The molecule has 0 spiro atoms. The highest BCUT2D eigenvalue weighted by atomic mass is 15.2. The Kier molecular flexibility index (Phi) is 2.32. The van der Waals surface area contributed by atoms with Crippen molar-refractivity contribution in [1.29, 1.82) is 5.26 Å². The lowest BCUT2D eigenvalue weighted by Gasteiger charge is -2.42. The van der Waals surface area contributed by atoms with Gasteiger partial charge in [-0.05, 0) is 38.8 Å². The quantitative estimate of drug-likeness (QED) is 0.590. The Balaban J connectivity index is 1.76. The van der Waals surface area contributed by atoms with E-state index >= 15 is 0 Å². The van der Waals surface area contributed by atoms with Crippen LogP contribution in [-0.2, 0) is 0 Å². The molecule has 1 saturated carbocycles. The van der Waals surface area contributed by atoms with E-state index in [-0.39, 0.29) is 0 Å². The van der Waals surface area contributed by atoms with Crippen LogP contribution >= 0.6 is 0 Å². The van der Waals surface area contributed by atoms with Crippen LogP contribution in [0.15, 0.2) is 0 Å². The summed E-state index contributed by atoms with van der Waals surface area (Å²) in [5.41, 5.74) is 0. The van der Waals surface area contributed by atoms with Gasteiger partial charge in [-0.1, -0.05) is 6.42 Å². The highest BCUT2D eigenvalue weighted by Crippen LogP contribution is 2.32. The van der Waals surface area contributed by atoms with Crippen molar-refractivity contribution in [2.45, 2.75) is 38.1 Å². The average molecular weight is 164 g/mol. The highest BCUT2D eigenvalue weighted by Gasteiger charge is 2.33. The molecular weight excluding hydrogens is 148 g/mol. The third-order valence-corrected chi connectivity index (χ3v) is 3.20. The Morgan fingerprint density at radius 1 is 1.08 bits per heavy atom. The van der Waals surface area contributed by atoms with Crippen molar-refractivity contribution in [3.63, 3.8) is 0 Å². The molecule has 0 aromatic carbocycles. The van der Waals surface area contributed by atoms with Crippen LogP contribution < -0.4 is 0 Å². The van der Waals surface area contributed by atoms with Crippen molar-refractivity contribution in [3.8, 4) is 6.07 Å². The molecule has 0 aromatic rings. The molecule has 0 unspecified atom stereocenters. The second-order valence-electron chi connectivity index (χ2n) is 4.05. The second-order valence-corrected chi connectivity index (χ2v) is 4.05. The molecule has 0 amide bonds. The van der Waals surface area contributed by atoms with E-state index in [0.717, 1.165) is 18.9 Å². The molecule has 66 valence electrons. The minimum atomic E-state index is 0.372. The molecule has 0 bridgehead atoms. The summed E-state index contributed by atoms with van der Waals surface area (Å²) in [6, 6.07) is 3.10. The van der Waals surface area contributed by atoms with Crippen LogP contribution in [0.4, 0.5) is 0 Å². The van der Waals surface area contributed by atoms with Crippen molar-refractivity contribution in [1.82, 2.24) is 4.90 Å². The lowest BCUT2D eigenvalue weighted by atomic mass is 9.80. The standard InChI is InChI=1S/C10H16N2/c11-8-9-6-10(7-9)12-4-2-1-3-5-12/h9-10H,1-7H2. The summed E-state index contributed by atoms with van der Waals surface area (Å²) >= 11 is 0. The first-order valence-electron chi connectivity index (χ1n) is 5.04. The van der Waals surface area contributed by atoms with Crippen LogP contribution in [-0.4, -0.2) is 24.0 Å². The predicted octanol–water partition coefficient (Wildman–Crippen LogP) is 1.77. The third-order valence-electron chi connectivity index (χ3n) is 3.20. The minimum Gasteiger partial charge on any atom is -0.300 e. The molecule has 2 rings (SSSR count). The van der Waals surface area contributed by atoms with Gasteiger partial charge >= 0.3 is 0 Å². The molecule has 0 atom stereocenters. The van der Waals surface area contributed by atoms with Gasteiger partial charge in [0.1, 0.15) is 0 Å². The Bertz CT molecular complexity index is 183. The molecule has 2 heteroatoms. The summed E-state index contributed by atoms with van der Waals surface area (Å²) in [5, 5.41) is 8.63. The van der Waals surface area contributed by atoms with Crippen molar-refractivity contribution < 1.29 is 0 Å². The molecule has 1 heterocycles. The second kappa shape index (κ2) is 3.45. The number of likely N-dealkylation sites (tertiary alicyclic amines) is 1. The molecule has 2 nitrogen and oxygen atoms in total. The van der Waals surface area contributed by atoms with E-state index in [1.807, 2.05) is 0 Å². The summed E-state index contributed by atoms with van der Waals surface area (Å²) in [6.07, 6.45) is 6.42. The number of nitriles is 1. The van der Waals surface area contributed by atoms with Crippen LogP contribution in [0.2, 0.25) is 0 Å². The van der Waals surface area contributed by atoms with Crippen LogP contribution in [0.1, 0.15) is 32.1 Å². The Morgan fingerprint density at radius 2 is 1.75 bits per heavy atom. The summed E-state index contributed by atoms with van der Waals surface area (Å²) in [5.74, 6) is 0.372. The van der Waals surface area contributed by atoms with E-state index in [0.29, 0.717) is 5.92 Å².